The van der Waals surface area contributed by atoms with Crippen molar-refractivity contribution < 1.29 is 0 Å². The van der Waals surface area contributed by atoms with E-state index in [1.54, 1.807) is 11.3 Å². The first-order valence-electron chi connectivity index (χ1n) is 19.1. The summed E-state index contributed by atoms with van der Waals surface area (Å²) in [6, 6.07) is 54.3. The number of hydrogen-bond acceptors (Lipinski definition) is 5. The summed E-state index contributed by atoms with van der Waals surface area (Å²) in [4.78, 5) is 15.3. The topological polar surface area (TPSA) is 62.5 Å². The van der Waals surface area contributed by atoms with E-state index in [2.05, 4.69) is 146 Å². The molecule has 1 fully saturated rings. The Kier molecular flexibility index (Phi) is 7.30. The van der Waals surface area contributed by atoms with Crippen LogP contribution < -0.4 is 0 Å². The molecule has 0 radical (unpaired) electrons. The molecule has 0 saturated heterocycles. The Bertz CT molecular complexity index is 3040. The van der Waals surface area contributed by atoms with Crippen LogP contribution >= 0.6 is 11.3 Å². The van der Waals surface area contributed by atoms with Gasteiger partial charge in [0.1, 0.15) is 0 Å². The molecule has 5 heteroatoms. The maximum atomic E-state index is 9.76. The summed E-state index contributed by atoms with van der Waals surface area (Å²) in [5.41, 5.74) is 11.3. The minimum Gasteiger partial charge on any atom is -0.208 e. The maximum absolute atomic E-state index is 9.76. The quantitative estimate of drug-likeness (QED) is 0.181. The molecule has 0 bridgehead atoms. The van der Waals surface area contributed by atoms with Gasteiger partial charge < -0.3 is 0 Å². The van der Waals surface area contributed by atoms with E-state index in [-0.39, 0.29) is 5.41 Å². The van der Waals surface area contributed by atoms with E-state index in [4.69, 9.17) is 15.0 Å². The van der Waals surface area contributed by atoms with Crippen molar-refractivity contribution in [3.05, 3.63) is 162 Å². The van der Waals surface area contributed by atoms with Gasteiger partial charge >= 0.3 is 0 Å². The van der Waals surface area contributed by atoms with Crippen molar-refractivity contribution in [3.63, 3.8) is 0 Å². The molecule has 0 unspecified atom stereocenters. The van der Waals surface area contributed by atoms with E-state index >= 15 is 0 Å². The molecule has 55 heavy (non-hydrogen) atoms. The van der Waals surface area contributed by atoms with Crippen LogP contribution in [0.5, 0.6) is 0 Å². The van der Waals surface area contributed by atoms with Crippen LogP contribution in [0.4, 0.5) is 0 Å². The van der Waals surface area contributed by atoms with Gasteiger partial charge in [0.25, 0.3) is 0 Å². The molecule has 9 aromatic rings. The third kappa shape index (κ3) is 5.21. The Balaban J connectivity index is 1.00. The molecule has 0 N–H and O–H groups in total. The lowest BCUT2D eigenvalue weighted by Crippen LogP contribution is -2.28. The Hall–Kier alpha value is -6.48. The second kappa shape index (κ2) is 12.6. The van der Waals surface area contributed by atoms with Gasteiger partial charge in [-0.25, -0.2) is 15.0 Å². The first kappa shape index (κ1) is 32.0. The van der Waals surface area contributed by atoms with Crippen LogP contribution in [-0.2, 0) is 5.41 Å². The summed E-state index contributed by atoms with van der Waals surface area (Å²) in [5, 5.41) is 14.6. The molecule has 260 valence electrons. The Morgan fingerprint density at radius 3 is 1.87 bits per heavy atom. The highest BCUT2D eigenvalue weighted by atomic mass is 32.1. The van der Waals surface area contributed by atoms with Crippen molar-refractivity contribution >= 4 is 42.3 Å². The Labute approximate surface area is 323 Å². The number of nitriles is 1. The second-order valence-electron chi connectivity index (χ2n) is 15.0. The van der Waals surface area contributed by atoms with Crippen LogP contribution in [0, 0.1) is 11.3 Å². The number of thiophene rings is 1. The Morgan fingerprint density at radius 2 is 1.07 bits per heavy atom. The van der Waals surface area contributed by atoms with Gasteiger partial charge in [0.05, 0.1) is 11.6 Å². The van der Waals surface area contributed by atoms with Crippen LogP contribution in [0.15, 0.2) is 146 Å². The standard InChI is InChI=1S/C50H34N4S/c51-30-31-12-21-39-40-22-19-36(28-44(40)50(43(39)26-31)24-6-1-7-25-50)33-13-16-34(17-14-33)47-52-48(37-18-15-32-8-2-3-9-35(32)27-37)54-49(53-47)38-20-23-42-41-10-4-5-11-45(41)55-46(42)29-38/h2-5,8-23,26-29H,1,6-7,24-25H2. The van der Waals surface area contributed by atoms with Crippen molar-refractivity contribution in [2.45, 2.75) is 37.5 Å². The van der Waals surface area contributed by atoms with Crippen LogP contribution in [0.1, 0.15) is 48.8 Å². The number of fused-ring (bicyclic) bond motifs is 9. The fourth-order valence-electron chi connectivity index (χ4n) is 9.21. The number of hydrogen-bond donors (Lipinski definition) is 0. The molecule has 0 aliphatic heterocycles. The average Bonchev–Trinajstić information content (AvgIpc) is 3.75. The van der Waals surface area contributed by atoms with Crippen molar-refractivity contribution in [1.29, 1.82) is 5.26 Å². The molecule has 1 saturated carbocycles. The highest BCUT2D eigenvalue weighted by Gasteiger charge is 2.44. The largest absolute Gasteiger partial charge is 0.208 e. The van der Waals surface area contributed by atoms with E-state index in [0.717, 1.165) is 46.0 Å². The summed E-state index contributed by atoms with van der Waals surface area (Å²) < 4.78 is 2.49. The van der Waals surface area contributed by atoms with Gasteiger partial charge in [0.15, 0.2) is 17.5 Å². The summed E-state index contributed by atoms with van der Waals surface area (Å²) in [7, 11) is 0. The molecule has 11 rings (SSSR count). The van der Waals surface area contributed by atoms with Gasteiger partial charge in [0.2, 0.25) is 0 Å². The van der Waals surface area contributed by atoms with Crippen molar-refractivity contribution in [2.75, 3.05) is 0 Å². The third-order valence-corrected chi connectivity index (χ3v) is 13.1. The van der Waals surface area contributed by atoms with Crippen molar-refractivity contribution in [3.8, 4) is 62.5 Å². The molecular weight excluding hydrogens is 689 g/mol. The highest BCUT2D eigenvalue weighted by molar-refractivity contribution is 7.25. The van der Waals surface area contributed by atoms with Gasteiger partial charge in [0, 0.05) is 42.3 Å². The van der Waals surface area contributed by atoms with Gasteiger partial charge in [-0.05, 0) is 93.4 Å². The zero-order valence-electron chi connectivity index (χ0n) is 30.1. The van der Waals surface area contributed by atoms with E-state index in [1.165, 1.54) is 72.6 Å². The first-order chi connectivity index (χ1) is 27.1. The molecule has 1 spiro atoms. The number of aromatic nitrogens is 3. The smallest absolute Gasteiger partial charge is 0.164 e. The highest BCUT2D eigenvalue weighted by Crippen LogP contribution is 2.56. The lowest BCUT2D eigenvalue weighted by atomic mass is 9.67. The fraction of sp³-hybridized carbons (Fsp3) is 0.120. The Morgan fingerprint density at radius 1 is 0.473 bits per heavy atom. The summed E-state index contributed by atoms with van der Waals surface area (Å²) in [5.74, 6) is 1.96. The molecule has 2 heterocycles. The van der Waals surface area contributed by atoms with E-state index in [9.17, 15) is 5.26 Å². The van der Waals surface area contributed by atoms with Crippen molar-refractivity contribution in [1.82, 2.24) is 15.0 Å². The van der Waals surface area contributed by atoms with Gasteiger partial charge in [-0.3, -0.25) is 0 Å². The van der Waals surface area contributed by atoms with E-state index in [1.807, 2.05) is 6.07 Å². The first-order valence-corrected chi connectivity index (χ1v) is 19.9. The van der Waals surface area contributed by atoms with E-state index in [0.29, 0.717) is 17.5 Å². The van der Waals surface area contributed by atoms with Crippen LogP contribution in [0.2, 0.25) is 0 Å². The van der Waals surface area contributed by atoms with Gasteiger partial charge in [-0.1, -0.05) is 128 Å². The summed E-state index contributed by atoms with van der Waals surface area (Å²) >= 11 is 1.80. The predicted molar refractivity (Wildman–Crippen MR) is 226 cm³/mol. The zero-order valence-corrected chi connectivity index (χ0v) is 30.9. The van der Waals surface area contributed by atoms with Crippen molar-refractivity contribution in [2.24, 2.45) is 0 Å². The SMILES string of the molecule is N#Cc1ccc2c(c1)C1(CCCCC1)c1cc(-c3ccc(-c4nc(-c5ccc6ccccc6c5)nc(-c5ccc6c(c5)sc5ccccc56)n4)cc3)ccc1-2. The molecule has 7 aromatic carbocycles. The molecule has 0 atom stereocenters. The van der Waals surface area contributed by atoms with Crippen LogP contribution in [-0.4, -0.2) is 15.0 Å². The van der Waals surface area contributed by atoms with Gasteiger partial charge in [-0.15, -0.1) is 11.3 Å². The number of rotatable bonds is 4. The summed E-state index contributed by atoms with van der Waals surface area (Å²) in [6.45, 7) is 0. The lowest BCUT2D eigenvalue weighted by molar-refractivity contribution is 0.353. The molecular formula is C50H34N4S. The monoisotopic (exact) mass is 722 g/mol. The minimum absolute atomic E-state index is 0.0228. The van der Waals surface area contributed by atoms with E-state index < -0.39 is 0 Å². The minimum atomic E-state index is -0.0228. The molecule has 2 aliphatic rings. The second-order valence-corrected chi connectivity index (χ2v) is 16.1. The number of benzene rings is 7. The molecule has 2 aliphatic carbocycles. The van der Waals surface area contributed by atoms with Crippen LogP contribution in [0.3, 0.4) is 0 Å². The van der Waals surface area contributed by atoms with Crippen LogP contribution in [0.25, 0.3) is 87.4 Å². The number of nitrogens with zero attached hydrogens (tertiary/aromatic N) is 4. The maximum Gasteiger partial charge on any atom is 0.164 e. The normalized spacial score (nSPS) is 14.3. The molecule has 0 amide bonds. The molecule has 4 nitrogen and oxygen atoms in total. The average molecular weight is 723 g/mol. The van der Waals surface area contributed by atoms with Gasteiger partial charge in [-0.2, -0.15) is 5.26 Å². The third-order valence-electron chi connectivity index (χ3n) is 12.0. The zero-order chi connectivity index (χ0) is 36.5. The predicted octanol–water partition coefficient (Wildman–Crippen LogP) is 13.2. The lowest BCUT2D eigenvalue weighted by Gasteiger charge is -2.36. The molecule has 2 aromatic heterocycles. The summed E-state index contributed by atoms with van der Waals surface area (Å²) in [6.07, 6.45) is 5.94. The fourth-order valence-corrected chi connectivity index (χ4v) is 10.4.